The van der Waals surface area contributed by atoms with E-state index in [-0.39, 0.29) is 17.8 Å². The van der Waals surface area contributed by atoms with E-state index in [1.165, 1.54) is 44.5 Å². The molecule has 1 saturated heterocycles. The molecule has 0 spiro atoms. The van der Waals surface area contributed by atoms with Gasteiger partial charge in [0.15, 0.2) is 12.1 Å². The average Bonchev–Trinajstić information content (AvgIpc) is 3.36. The number of halogens is 2. The van der Waals surface area contributed by atoms with Gasteiger partial charge in [-0.15, -0.1) is 0 Å². The van der Waals surface area contributed by atoms with Crippen LogP contribution in [0.2, 0.25) is 0 Å². The molecule has 1 aromatic carbocycles. The second kappa shape index (κ2) is 13.7. The summed E-state index contributed by atoms with van der Waals surface area (Å²) in [5.41, 5.74) is 7.14. The molecular formula is C31H46F2N8O. The molecule has 2 aliphatic heterocycles. The molecule has 5 N–H and O–H groups in total. The van der Waals surface area contributed by atoms with Gasteiger partial charge >= 0.3 is 0 Å². The van der Waals surface area contributed by atoms with Crippen LogP contribution in [-0.2, 0) is 4.74 Å². The number of nitrogens with zero attached hydrogens (tertiary/aromatic N) is 4. The zero-order valence-corrected chi connectivity index (χ0v) is 24.5. The summed E-state index contributed by atoms with van der Waals surface area (Å²) in [6, 6.07) is 4.41. The van der Waals surface area contributed by atoms with E-state index in [9.17, 15) is 8.78 Å². The number of hydrogen-bond donors (Lipinski definition) is 4. The standard InChI is InChI=1S/C31H46F2N8O/c32-22-6-13-27(26(33)18-22)37-31-38-28-19-35-30(36-24-9-7-23(34)8-10-24)39-29(28)41(31)25-11-4-21(5-12-25)20-42-17-16-40-14-2-1-3-15-40/h6,13,18-19,21,23-25,31,37-38H,1-5,7-12,14-17,20,34H2,(H,35,36,39). The van der Waals surface area contributed by atoms with E-state index in [1.54, 1.807) is 6.20 Å². The van der Waals surface area contributed by atoms with Gasteiger partial charge in [0.2, 0.25) is 5.95 Å². The Kier molecular flexibility index (Phi) is 9.56. The normalized spacial score (nSPS) is 28.3. The van der Waals surface area contributed by atoms with Crippen LogP contribution in [0.3, 0.4) is 0 Å². The van der Waals surface area contributed by atoms with Gasteiger partial charge in [-0.2, -0.15) is 4.98 Å². The van der Waals surface area contributed by atoms with Crippen molar-refractivity contribution in [3.63, 3.8) is 0 Å². The number of hydrogen-bond acceptors (Lipinski definition) is 9. The Morgan fingerprint density at radius 3 is 2.52 bits per heavy atom. The Labute approximate surface area is 248 Å². The van der Waals surface area contributed by atoms with Gasteiger partial charge < -0.3 is 36.2 Å². The van der Waals surface area contributed by atoms with Crippen molar-refractivity contribution in [2.75, 3.05) is 53.7 Å². The van der Waals surface area contributed by atoms with Crippen molar-refractivity contribution in [3.05, 3.63) is 36.0 Å². The first-order valence-corrected chi connectivity index (χ1v) is 16.0. The van der Waals surface area contributed by atoms with Crippen LogP contribution in [0.15, 0.2) is 24.4 Å². The van der Waals surface area contributed by atoms with Crippen molar-refractivity contribution < 1.29 is 13.5 Å². The highest BCUT2D eigenvalue weighted by molar-refractivity contribution is 5.74. The first-order chi connectivity index (χ1) is 20.5. The van der Waals surface area contributed by atoms with Crippen molar-refractivity contribution in [1.82, 2.24) is 14.9 Å². The number of anilines is 4. The molecule has 0 bridgehead atoms. The number of benzene rings is 1. The summed E-state index contributed by atoms with van der Waals surface area (Å²) < 4.78 is 34.4. The van der Waals surface area contributed by atoms with E-state index in [1.807, 2.05) is 0 Å². The third-order valence-electron chi connectivity index (χ3n) is 9.48. The molecule has 3 fully saturated rings. The maximum absolute atomic E-state index is 14.7. The summed E-state index contributed by atoms with van der Waals surface area (Å²) in [6.07, 6.45) is 13.4. The first-order valence-electron chi connectivity index (χ1n) is 16.0. The number of nitrogens with two attached hydrogens (primary N) is 1. The largest absolute Gasteiger partial charge is 0.380 e. The number of aromatic nitrogens is 2. The van der Waals surface area contributed by atoms with Gasteiger partial charge in [0.1, 0.15) is 11.6 Å². The Morgan fingerprint density at radius 2 is 1.76 bits per heavy atom. The molecule has 1 unspecified atom stereocenters. The van der Waals surface area contributed by atoms with Crippen LogP contribution in [0, 0.1) is 17.6 Å². The summed E-state index contributed by atoms with van der Waals surface area (Å²) in [5, 5.41) is 10.2. The molecule has 2 aliphatic carbocycles. The molecule has 11 heteroatoms. The zero-order chi connectivity index (χ0) is 28.9. The highest BCUT2D eigenvalue weighted by Crippen LogP contribution is 2.40. The topological polar surface area (TPSA) is 104 Å². The Balaban J connectivity index is 1.11. The molecule has 2 aromatic rings. The van der Waals surface area contributed by atoms with E-state index < -0.39 is 17.9 Å². The fourth-order valence-corrected chi connectivity index (χ4v) is 6.99. The summed E-state index contributed by atoms with van der Waals surface area (Å²) >= 11 is 0. The molecule has 230 valence electrons. The lowest BCUT2D eigenvalue weighted by Gasteiger charge is -2.39. The predicted octanol–water partition coefficient (Wildman–Crippen LogP) is 5.13. The summed E-state index contributed by atoms with van der Waals surface area (Å²) in [7, 11) is 0. The summed E-state index contributed by atoms with van der Waals surface area (Å²) in [6.45, 7) is 5.04. The van der Waals surface area contributed by atoms with Gasteiger partial charge in [-0.1, -0.05) is 6.42 Å². The van der Waals surface area contributed by atoms with Gasteiger partial charge in [-0.05, 0) is 95.3 Å². The number of rotatable bonds is 10. The molecule has 1 atom stereocenters. The molecule has 0 radical (unpaired) electrons. The van der Waals surface area contributed by atoms with E-state index in [0.717, 1.165) is 88.7 Å². The molecule has 3 heterocycles. The third-order valence-corrected chi connectivity index (χ3v) is 9.48. The van der Waals surface area contributed by atoms with Crippen molar-refractivity contribution in [3.8, 4) is 0 Å². The minimum atomic E-state index is -0.623. The van der Waals surface area contributed by atoms with Crippen LogP contribution < -0.4 is 26.6 Å². The molecule has 9 nitrogen and oxygen atoms in total. The van der Waals surface area contributed by atoms with Gasteiger partial charge in [0.05, 0.1) is 24.2 Å². The maximum atomic E-state index is 14.7. The van der Waals surface area contributed by atoms with Crippen LogP contribution >= 0.6 is 0 Å². The Hall–Kier alpha value is -2.76. The van der Waals surface area contributed by atoms with Gasteiger partial charge in [-0.3, -0.25) is 0 Å². The number of fused-ring (bicyclic) bond motifs is 1. The second-order valence-electron chi connectivity index (χ2n) is 12.6. The second-order valence-corrected chi connectivity index (χ2v) is 12.6. The minimum absolute atomic E-state index is 0.208. The van der Waals surface area contributed by atoms with Gasteiger partial charge in [0.25, 0.3) is 0 Å². The summed E-state index contributed by atoms with van der Waals surface area (Å²) in [5.74, 6) is 0.729. The summed E-state index contributed by atoms with van der Waals surface area (Å²) in [4.78, 5) is 14.3. The highest BCUT2D eigenvalue weighted by atomic mass is 19.1. The van der Waals surface area contributed by atoms with Crippen LogP contribution in [0.1, 0.15) is 70.6 Å². The monoisotopic (exact) mass is 584 g/mol. The van der Waals surface area contributed by atoms with E-state index in [2.05, 4.69) is 30.7 Å². The molecule has 4 aliphatic rings. The Morgan fingerprint density at radius 1 is 0.976 bits per heavy atom. The fraction of sp³-hybridized carbons (Fsp3) is 0.677. The van der Waals surface area contributed by atoms with E-state index in [0.29, 0.717) is 17.9 Å². The molecule has 42 heavy (non-hydrogen) atoms. The van der Waals surface area contributed by atoms with Gasteiger partial charge in [0, 0.05) is 37.3 Å². The molecular weight excluding hydrogens is 538 g/mol. The van der Waals surface area contributed by atoms with E-state index in [4.69, 9.17) is 15.5 Å². The van der Waals surface area contributed by atoms with Gasteiger partial charge in [-0.25, -0.2) is 13.8 Å². The van der Waals surface area contributed by atoms with Crippen LogP contribution in [0.5, 0.6) is 0 Å². The van der Waals surface area contributed by atoms with Crippen LogP contribution in [0.4, 0.5) is 31.9 Å². The minimum Gasteiger partial charge on any atom is -0.380 e. The first kappa shape index (κ1) is 29.3. The number of nitrogens with one attached hydrogen (secondary N) is 3. The highest BCUT2D eigenvalue weighted by Gasteiger charge is 2.38. The lowest BCUT2D eigenvalue weighted by Crippen LogP contribution is -2.49. The lowest BCUT2D eigenvalue weighted by molar-refractivity contribution is 0.0609. The van der Waals surface area contributed by atoms with Crippen molar-refractivity contribution in [2.24, 2.45) is 11.7 Å². The third kappa shape index (κ3) is 7.23. The number of piperidine rings is 1. The number of ether oxygens (including phenoxy) is 1. The maximum Gasteiger partial charge on any atom is 0.224 e. The predicted molar refractivity (Wildman–Crippen MR) is 163 cm³/mol. The van der Waals surface area contributed by atoms with E-state index >= 15 is 0 Å². The quantitative estimate of drug-likeness (QED) is 0.283. The average molecular weight is 585 g/mol. The van der Waals surface area contributed by atoms with Crippen LogP contribution in [-0.4, -0.2) is 72.1 Å². The number of likely N-dealkylation sites (tertiary alicyclic amines) is 1. The Bertz CT molecular complexity index is 1170. The van der Waals surface area contributed by atoms with Crippen molar-refractivity contribution in [1.29, 1.82) is 0 Å². The molecule has 6 rings (SSSR count). The SMILES string of the molecule is NC1CCC(Nc2ncc3c(n2)N(C2CCC(COCCN4CCCCC4)CC2)C(Nc2ccc(F)cc2F)N3)CC1. The molecule has 1 aromatic heterocycles. The smallest absolute Gasteiger partial charge is 0.224 e. The van der Waals surface area contributed by atoms with Crippen LogP contribution in [0.25, 0.3) is 0 Å². The lowest BCUT2D eigenvalue weighted by atomic mass is 9.86. The fourth-order valence-electron chi connectivity index (χ4n) is 6.99. The van der Waals surface area contributed by atoms with Crippen molar-refractivity contribution >= 4 is 23.1 Å². The zero-order valence-electron chi connectivity index (χ0n) is 24.5. The van der Waals surface area contributed by atoms with Crippen molar-refractivity contribution in [2.45, 2.75) is 95.0 Å². The molecule has 2 saturated carbocycles. The molecule has 0 amide bonds.